The van der Waals surface area contributed by atoms with Crippen LogP contribution in [-0.2, 0) is 0 Å². The Labute approximate surface area is 172 Å². The van der Waals surface area contributed by atoms with Gasteiger partial charge in [-0.3, -0.25) is 9.59 Å². The summed E-state index contributed by atoms with van der Waals surface area (Å²) in [4.78, 5) is 27.9. The Kier molecular flexibility index (Phi) is 8.97. The summed E-state index contributed by atoms with van der Waals surface area (Å²) in [5.41, 5.74) is 1.76. The third-order valence-electron chi connectivity index (χ3n) is 4.68. The van der Waals surface area contributed by atoms with Crippen molar-refractivity contribution in [2.45, 2.75) is 20.3 Å². The second kappa shape index (κ2) is 10.5. The normalized spacial score (nSPS) is 12.0. The van der Waals surface area contributed by atoms with Crippen molar-refractivity contribution >= 4 is 36.4 Å². The number of nitrogens with zero attached hydrogens (tertiary/aromatic N) is 1. The molecular formula is C21H25Cl2NO3. The number of ether oxygens (including phenoxy) is 1. The van der Waals surface area contributed by atoms with Crippen LogP contribution in [0.5, 0.6) is 5.75 Å². The van der Waals surface area contributed by atoms with E-state index in [1.54, 1.807) is 42.5 Å². The molecule has 0 amide bonds. The zero-order valence-corrected chi connectivity index (χ0v) is 17.2. The number of fused-ring (bicyclic) bond motifs is 2. The second-order valence-electron chi connectivity index (χ2n) is 6.11. The monoisotopic (exact) mass is 409 g/mol. The van der Waals surface area contributed by atoms with Crippen LogP contribution in [-0.4, -0.2) is 42.7 Å². The van der Waals surface area contributed by atoms with Gasteiger partial charge < -0.3 is 9.64 Å². The summed E-state index contributed by atoms with van der Waals surface area (Å²) in [5, 5.41) is 0. The van der Waals surface area contributed by atoms with Crippen LogP contribution in [0.25, 0.3) is 0 Å². The number of ketones is 2. The third kappa shape index (κ3) is 4.70. The van der Waals surface area contributed by atoms with Crippen LogP contribution in [0, 0.1) is 0 Å². The van der Waals surface area contributed by atoms with E-state index in [9.17, 15) is 9.59 Å². The fourth-order valence-electron chi connectivity index (χ4n) is 3.24. The number of carbonyl (C=O) groups is 2. The van der Waals surface area contributed by atoms with Crippen molar-refractivity contribution in [2.75, 3.05) is 26.2 Å². The highest BCUT2D eigenvalue weighted by molar-refractivity contribution is 6.29. The van der Waals surface area contributed by atoms with Crippen LogP contribution in [0.15, 0.2) is 42.5 Å². The summed E-state index contributed by atoms with van der Waals surface area (Å²) in [7, 11) is 0. The van der Waals surface area contributed by atoms with Crippen LogP contribution in [0.3, 0.4) is 0 Å². The lowest BCUT2D eigenvalue weighted by atomic mass is 9.83. The molecule has 0 fully saturated rings. The molecule has 146 valence electrons. The quantitative estimate of drug-likeness (QED) is 0.541. The van der Waals surface area contributed by atoms with E-state index in [4.69, 9.17) is 4.74 Å². The minimum absolute atomic E-state index is 0. The molecular weight excluding hydrogens is 385 g/mol. The lowest BCUT2D eigenvalue weighted by Crippen LogP contribution is -2.25. The van der Waals surface area contributed by atoms with Crippen molar-refractivity contribution in [3.8, 4) is 5.75 Å². The molecule has 0 aromatic heterocycles. The van der Waals surface area contributed by atoms with Gasteiger partial charge in [0.05, 0.1) is 12.2 Å². The molecule has 0 N–H and O–H groups in total. The Bertz CT molecular complexity index is 804. The summed E-state index contributed by atoms with van der Waals surface area (Å²) in [6.07, 6.45) is 0.879. The van der Waals surface area contributed by atoms with Crippen LogP contribution in [0.1, 0.15) is 52.1 Å². The fraction of sp³-hybridized carbons (Fsp3) is 0.333. The Balaban J connectivity index is 0.00000182. The zero-order valence-electron chi connectivity index (χ0n) is 15.6. The molecule has 6 heteroatoms. The molecule has 4 nitrogen and oxygen atoms in total. The largest absolute Gasteiger partial charge is 0.493 e. The first-order chi connectivity index (χ1) is 12.2. The number of carbonyl (C=O) groups excluding carboxylic acids is 2. The molecule has 0 spiro atoms. The van der Waals surface area contributed by atoms with Gasteiger partial charge in [0, 0.05) is 23.2 Å². The third-order valence-corrected chi connectivity index (χ3v) is 4.68. The maximum Gasteiger partial charge on any atom is 0.198 e. The zero-order chi connectivity index (χ0) is 17.8. The van der Waals surface area contributed by atoms with Gasteiger partial charge in [0.1, 0.15) is 5.75 Å². The molecule has 2 aromatic rings. The molecule has 0 saturated heterocycles. The number of benzene rings is 2. The van der Waals surface area contributed by atoms with E-state index in [0.29, 0.717) is 34.6 Å². The molecule has 0 atom stereocenters. The predicted octanol–water partition coefficient (Wildman–Crippen LogP) is 4.42. The number of halogens is 2. The molecule has 0 unspecified atom stereocenters. The molecule has 0 saturated carbocycles. The number of rotatable bonds is 7. The van der Waals surface area contributed by atoms with E-state index >= 15 is 0 Å². The molecule has 0 aliphatic heterocycles. The molecule has 0 bridgehead atoms. The van der Waals surface area contributed by atoms with Crippen LogP contribution in [0.4, 0.5) is 0 Å². The second-order valence-corrected chi connectivity index (χ2v) is 6.11. The first kappa shape index (κ1) is 23.2. The minimum atomic E-state index is -0.135. The topological polar surface area (TPSA) is 46.6 Å². The average molecular weight is 410 g/mol. The van der Waals surface area contributed by atoms with Crippen molar-refractivity contribution in [1.82, 2.24) is 4.90 Å². The highest BCUT2D eigenvalue weighted by atomic mass is 35.5. The van der Waals surface area contributed by atoms with Gasteiger partial charge in [-0.05, 0) is 25.6 Å². The number of hydrogen-bond donors (Lipinski definition) is 0. The SMILES string of the molecule is CCN(CC)CCCOc1cccc2c1C(=O)c1ccccc1C2=O.Cl.Cl. The van der Waals surface area contributed by atoms with Crippen LogP contribution >= 0.6 is 24.8 Å². The summed E-state index contributed by atoms with van der Waals surface area (Å²) < 4.78 is 5.88. The van der Waals surface area contributed by atoms with E-state index in [1.165, 1.54) is 0 Å². The van der Waals surface area contributed by atoms with E-state index in [0.717, 1.165) is 26.1 Å². The highest BCUT2D eigenvalue weighted by Crippen LogP contribution is 2.33. The van der Waals surface area contributed by atoms with Gasteiger partial charge in [-0.15, -0.1) is 24.8 Å². The standard InChI is InChI=1S/C21H23NO3.2ClH/c1-3-22(4-2)13-8-14-25-18-12-7-11-17-19(18)21(24)16-10-6-5-9-15(16)20(17)23;;/h5-7,9-12H,3-4,8,13-14H2,1-2H3;2*1H. The Hall–Kier alpha value is -1.88. The van der Waals surface area contributed by atoms with Gasteiger partial charge in [0.25, 0.3) is 0 Å². The molecule has 2 aromatic carbocycles. The Morgan fingerprint density at radius 3 is 2.04 bits per heavy atom. The highest BCUT2D eigenvalue weighted by Gasteiger charge is 2.31. The first-order valence-corrected chi connectivity index (χ1v) is 8.84. The van der Waals surface area contributed by atoms with Gasteiger partial charge in [0.2, 0.25) is 0 Å². The van der Waals surface area contributed by atoms with Crippen molar-refractivity contribution in [3.63, 3.8) is 0 Å². The van der Waals surface area contributed by atoms with Crippen molar-refractivity contribution < 1.29 is 14.3 Å². The maximum absolute atomic E-state index is 12.9. The molecule has 3 rings (SSSR count). The summed E-state index contributed by atoms with van der Waals surface area (Å²) in [6.45, 7) is 7.79. The van der Waals surface area contributed by atoms with E-state index in [1.807, 2.05) is 0 Å². The van der Waals surface area contributed by atoms with Gasteiger partial charge in [-0.2, -0.15) is 0 Å². The Morgan fingerprint density at radius 2 is 1.41 bits per heavy atom. The lowest BCUT2D eigenvalue weighted by molar-refractivity contribution is 0.0975. The summed E-state index contributed by atoms with van der Waals surface area (Å²) in [6, 6.07) is 12.2. The van der Waals surface area contributed by atoms with Crippen molar-refractivity contribution in [1.29, 1.82) is 0 Å². The number of hydrogen-bond acceptors (Lipinski definition) is 4. The minimum Gasteiger partial charge on any atom is -0.493 e. The molecule has 1 aliphatic rings. The van der Waals surface area contributed by atoms with Crippen LogP contribution in [0.2, 0.25) is 0 Å². The van der Waals surface area contributed by atoms with Gasteiger partial charge >= 0.3 is 0 Å². The van der Waals surface area contributed by atoms with E-state index in [2.05, 4.69) is 18.7 Å². The van der Waals surface area contributed by atoms with Crippen LogP contribution < -0.4 is 4.74 Å². The first-order valence-electron chi connectivity index (χ1n) is 8.84. The Morgan fingerprint density at radius 1 is 0.815 bits per heavy atom. The van der Waals surface area contributed by atoms with E-state index < -0.39 is 0 Å². The van der Waals surface area contributed by atoms with Gasteiger partial charge in [-0.25, -0.2) is 0 Å². The lowest BCUT2D eigenvalue weighted by Gasteiger charge is -2.21. The smallest absolute Gasteiger partial charge is 0.198 e. The molecule has 1 aliphatic carbocycles. The predicted molar refractivity (Wildman–Crippen MR) is 112 cm³/mol. The molecule has 0 radical (unpaired) electrons. The maximum atomic E-state index is 12.9. The molecule has 0 heterocycles. The van der Waals surface area contributed by atoms with E-state index in [-0.39, 0.29) is 36.4 Å². The average Bonchev–Trinajstić information content (AvgIpc) is 2.66. The summed E-state index contributed by atoms with van der Waals surface area (Å²) >= 11 is 0. The van der Waals surface area contributed by atoms with Crippen molar-refractivity contribution in [3.05, 3.63) is 64.7 Å². The summed E-state index contributed by atoms with van der Waals surface area (Å²) in [5.74, 6) is 0.258. The van der Waals surface area contributed by atoms with Crippen molar-refractivity contribution in [2.24, 2.45) is 0 Å². The molecule has 27 heavy (non-hydrogen) atoms. The van der Waals surface area contributed by atoms with Gasteiger partial charge in [0.15, 0.2) is 11.6 Å². The van der Waals surface area contributed by atoms with Gasteiger partial charge in [-0.1, -0.05) is 50.2 Å². The fourth-order valence-corrected chi connectivity index (χ4v) is 3.24.